The van der Waals surface area contributed by atoms with E-state index >= 15 is 0 Å². The van der Waals surface area contributed by atoms with E-state index < -0.39 is 0 Å². The molecular formula is C17H11N4O2S. The Morgan fingerprint density at radius 2 is 2.12 bits per heavy atom. The number of fused-ring (bicyclic) bond motifs is 1. The standard InChI is InChI=1S/C17H11N4O2S/c22-21-7-3-4-12(10-21)11-23-17-18-8-13(9-19-17)16-20-14-5-1-2-6-15(14)24-16/h1-8,10H,11H2. The number of rotatable bonds is 4. The maximum Gasteiger partial charge on any atom is 0.317 e. The second kappa shape index (κ2) is 6.21. The summed E-state index contributed by atoms with van der Waals surface area (Å²) < 4.78 is 7.31. The molecule has 0 aliphatic carbocycles. The summed E-state index contributed by atoms with van der Waals surface area (Å²) in [6, 6.07) is 11.6. The zero-order valence-electron chi connectivity index (χ0n) is 12.4. The van der Waals surface area contributed by atoms with Crippen molar-refractivity contribution in [2.24, 2.45) is 0 Å². The number of hydrogen-bond acceptors (Lipinski definition) is 6. The number of hydrogen-bond donors (Lipinski definition) is 0. The summed E-state index contributed by atoms with van der Waals surface area (Å²) in [5.41, 5.74) is 2.41. The van der Waals surface area contributed by atoms with Gasteiger partial charge in [0.1, 0.15) is 17.8 Å². The van der Waals surface area contributed by atoms with Gasteiger partial charge in [0.15, 0.2) is 12.4 Å². The van der Waals surface area contributed by atoms with Crippen molar-refractivity contribution in [3.8, 4) is 16.6 Å². The van der Waals surface area contributed by atoms with Crippen molar-refractivity contribution in [1.82, 2.24) is 15.0 Å². The summed E-state index contributed by atoms with van der Waals surface area (Å²) in [5, 5.41) is 12.0. The molecule has 0 unspecified atom stereocenters. The highest BCUT2D eigenvalue weighted by molar-refractivity contribution is 7.21. The number of pyridine rings is 1. The molecule has 1 aromatic carbocycles. The lowest BCUT2D eigenvalue weighted by Gasteiger charge is -2.04. The van der Waals surface area contributed by atoms with Gasteiger partial charge >= 0.3 is 6.01 Å². The van der Waals surface area contributed by atoms with Crippen LogP contribution in [0.3, 0.4) is 0 Å². The molecule has 0 spiro atoms. The van der Waals surface area contributed by atoms with Gasteiger partial charge in [-0.05, 0) is 18.2 Å². The van der Waals surface area contributed by atoms with E-state index in [1.54, 1.807) is 29.7 Å². The van der Waals surface area contributed by atoms with Crippen molar-refractivity contribution in [3.05, 3.63) is 72.0 Å². The minimum Gasteiger partial charge on any atom is -0.619 e. The van der Waals surface area contributed by atoms with Gasteiger partial charge in [0.2, 0.25) is 0 Å². The first-order chi connectivity index (χ1) is 11.8. The Bertz CT molecular complexity index is 952. The minimum absolute atomic E-state index is 0.209. The molecule has 4 aromatic rings. The lowest BCUT2D eigenvalue weighted by atomic mass is 10.3. The molecule has 0 amide bonds. The maximum atomic E-state index is 11.2. The summed E-state index contributed by atoms with van der Waals surface area (Å²) in [4.78, 5) is 12.8. The molecule has 1 radical (unpaired) electrons. The number of benzene rings is 1. The molecule has 0 saturated carbocycles. The van der Waals surface area contributed by atoms with Crippen LogP contribution >= 0.6 is 11.3 Å². The molecule has 7 heteroatoms. The molecule has 0 atom stereocenters. The van der Waals surface area contributed by atoms with Crippen LogP contribution in [0.25, 0.3) is 20.8 Å². The highest BCUT2D eigenvalue weighted by Crippen LogP contribution is 2.29. The molecule has 3 aromatic heterocycles. The van der Waals surface area contributed by atoms with Gasteiger partial charge in [-0.2, -0.15) is 9.71 Å². The lowest BCUT2D eigenvalue weighted by Crippen LogP contribution is -2.25. The van der Waals surface area contributed by atoms with E-state index in [1.165, 1.54) is 12.4 Å². The molecule has 0 bridgehead atoms. The fraction of sp³-hybridized carbons (Fsp3) is 0.0588. The summed E-state index contributed by atoms with van der Waals surface area (Å²) in [5.74, 6) is 0. The van der Waals surface area contributed by atoms with Crippen molar-refractivity contribution < 1.29 is 9.47 Å². The highest BCUT2D eigenvalue weighted by atomic mass is 32.1. The van der Waals surface area contributed by atoms with Crippen molar-refractivity contribution in [1.29, 1.82) is 0 Å². The second-order valence-corrected chi connectivity index (χ2v) is 6.06. The molecule has 4 rings (SSSR count). The number of thiazole rings is 1. The van der Waals surface area contributed by atoms with E-state index in [9.17, 15) is 5.21 Å². The molecule has 3 heterocycles. The van der Waals surface area contributed by atoms with Crippen LogP contribution in [0.15, 0.2) is 55.0 Å². The third-order valence-corrected chi connectivity index (χ3v) is 4.37. The second-order valence-electron chi connectivity index (χ2n) is 5.03. The Balaban J connectivity index is 1.50. The largest absolute Gasteiger partial charge is 0.619 e. The third-order valence-electron chi connectivity index (χ3n) is 3.30. The fourth-order valence-corrected chi connectivity index (χ4v) is 3.11. The van der Waals surface area contributed by atoms with Gasteiger partial charge in [0.05, 0.1) is 21.3 Å². The van der Waals surface area contributed by atoms with Crippen molar-refractivity contribution in [2.45, 2.75) is 6.61 Å². The third kappa shape index (κ3) is 3.02. The summed E-state index contributed by atoms with van der Waals surface area (Å²) in [7, 11) is 0. The monoisotopic (exact) mass is 335 g/mol. The van der Waals surface area contributed by atoms with Gasteiger partial charge in [0.25, 0.3) is 0 Å². The van der Waals surface area contributed by atoms with Crippen LogP contribution in [-0.4, -0.2) is 15.0 Å². The summed E-state index contributed by atoms with van der Waals surface area (Å²) >= 11 is 1.57. The predicted octanol–water partition coefficient (Wildman–Crippen LogP) is 2.77. The zero-order chi connectivity index (χ0) is 16.4. The molecule has 0 fully saturated rings. The first kappa shape index (κ1) is 14.5. The molecule has 24 heavy (non-hydrogen) atoms. The molecule has 0 aliphatic rings. The first-order valence-electron chi connectivity index (χ1n) is 7.19. The van der Waals surface area contributed by atoms with E-state index in [0.29, 0.717) is 0 Å². The molecule has 0 saturated heterocycles. The molecular weight excluding hydrogens is 324 g/mol. The number of nitrogens with zero attached hydrogens (tertiary/aromatic N) is 4. The van der Waals surface area contributed by atoms with Gasteiger partial charge in [-0.15, -0.1) is 11.3 Å². The van der Waals surface area contributed by atoms with Crippen LogP contribution in [0, 0.1) is 11.4 Å². The van der Waals surface area contributed by atoms with Crippen molar-refractivity contribution >= 4 is 21.6 Å². The van der Waals surface area contributed by atoms with Gasteiger partial charge < -0.3 is 9.94 Å². The van der Waals surface area contributed by atoms with Crippen molar-refractivity contribution in [3.63, 3.8) is 0 Å². The average molecular weight is 335 g/mol. The Morgan fingerprint density at radius 1 is 1.21 bits per heavy atom. The van der Waals surface area contributed by atoms with E-state index in [0.717, 1.165) is 31.1 Å². The normalized spacial score (nSPS) is 10.8. The van der Waals surface area contributed by atoms with Crippen LogP contribution in [0.5, 0.6) is 6.01 Å². The highest BCUT2D eigenvalue weighted by Gasteiger charge is 2.08. The molecule has 0 aliphatic heterocycles. The van der Waals surface area contributed by atoms with Gasteiger partial charge in [-0.1, -0.05) is 12.1 Å². The van der Waals surface area contributed by atoms with Crippen LogP contribution in [-0.2, 0) is 6.61 Å². The quantitative estimate of drug-likeness (QED) is 0.423. The maximum absolute atomic E-state index is 11.2. The molecule has 6 nitrogen and oxygen atoms in total. The van der Waals surface area contributed by atoms with Gasteiger partial charge in [-0.3, -0.25) is 0 Å². The van der Waals surface area contributed by atoms with E-state index in [-0.39, 0.29) is 12.6 Å². The van der Waals surface area contributed by atoms with E-state index in [2.05, 4.69) is 21.1 Å². The Morgan fingerprint density at radius 3 is 2.92 bits per heavy atom. The van der Waals surface area contributed by atoms with Gasteiger partial charge in [-0.25, -0.2) is 9.97 Å². The number of aromatic nitrogens is 4. The smallest absolute Gasteiger partial charge is 0.317 e. The van der Waals surface area contributed by atoms with E-state index in [4.69, 9.17) is 4.74 Å². The molecule has 117 valence electrons. The molecule has 0 N–H and O–H groups in total. The van der Waals surface area contributed by atoms with Gasteiger partial charge in [0, 0.05) is 12.3 Å². The van der Waals surface area contributed by atoms with Crippen LogP contribution in [0.1, 0.15) is 5.56 Å². The Kier molecular flexibility index (Phi) is 3.76. The number of para-hydroxylation sites is 1. The van der Waals surface area contributed by atoms with Crippen LogP contribution < -0.4 is 9.47 Å². The van der Waals surface area contributed by atoms with Crippen LogP contribution in [0.2, 0.25) is 0 Å². The summed E-state index contributed by atoms with van der Waals surface area (Å²) in [6.45, 7) is 0.220. The Hall–Kier alpha value is -3.06. The minimum atomic E-state index is 0.209. The fourth-order valence-electron chi connectivity index (χ4n) is 2.18. The lowest BCUT2D eigenvalue weighted by molar-refractivity contribution is -0.606. The number of ether oxygens (including phenoxy) is 1. The van der Waals surface area contributed by atoms with Crippen LogP contribution in [0.4, 0.5) is 0 Å². The zero-order valence-corrected chi connectivity index (χ0v) is 13.2. The average Bonchev–Trinajstić information content (AvgIpc) is 3.05. The Labute approximate surface area is 141 Å². The first-order valence-corrected chi connectivity index (χ1v) is 8.01. The van der Waals surface area contributed by atoms with E-state index in [1.807, 2.05) is 24.3 Å². The topological polar surface area (TPSA) is 74.8 Å². The van der Waals surface area contributed by atoms with Crippen molar-refractivity contribution in [2.75, 3.05) is 0 Å². The predicted molar refractivity (Wildman–Crippen MR) is 89.2 cm³/mol. The summed E-state index contributed by atoms with van der Waals surface area (Å²) in [6.07, 6.45) is 7.40. The SMILES string of the molecule is [O-][n+]1cccc(COc2n[c]c(-c3nc4ccccc4s3)cn2)c1.